The summed E-state index contributed by atoms with van der Waals surface area (Å²) in [5, 5.41) is 12.9. The van der Waals surface area contributed by atoms with Crippen molar-refractivity contribution in [3.63, 3.8) is 0 Å². The van der Waals surface area contributed by atoms with Crippen molar-refractivity contribution >= 4 is 11.3 Å². The van der Waals surface area contributed by atoms with E-state index in [1.165, 1.54) is 15.5 Å². The Morgan fingerprint density at radius 2 is 2.55 bits per heavy atom. The van der Waals surface area contributed by atoms with Gasteiger partial charge >= 0.3 is 0 Å². The van der Waals surface area contributed by atoms with Crippen LogP contribution in [-0.4, -0.2) is 16.8 Å². The molecule has 0 fully saturated rings. The molecular formula is C8H11NOS. The Morgan fingerprint density at radius 3 is 3.36 bits per heavy atom. The summed E-state index contributed by atoms with van der Waals surface area (Å²) in [6, 6.07) is 2.29. The van der Waals surface area contributed by atoms with Crippen molar-refractivity contribution in [1.82, 2.24) is 5.06 Å². The van der Waals surface area contributed by atoms with Crippen LogP contribution in [0, 0.1) is 0 Å². The van der Waals surface area contributed by atoms with Gasteiger partial charge in [0.1, 0.15) is 0 Å². The summed E-state index contributed by atoms with van der Waals surface area (Å²) >= 11 is 1.79. The van der Waals surface area contributed by atoms with Crippen LogP contribution >= 0.6 is 11.3 Å². The maximum absolute atomic E-state index is 9.38. The van der Waals surface area contributed by atoms with Crippen molar-refractivity contribution in [3.05, 3.63) is 21.9 Å². The third kappa shape index (κ3) is 1.09. The van der Waals surface area contributed by atoms with Gasteiger partial charge in [0, 0.05) is 11.4 Å². The molecule has 0 aromatic carbocycles. The summed E-state index contributed by atoms with van der Waals surface area (Å²) in [7, 11) is 0. The van der Waals surface area contributed by atoms with Gasteiger partial charge in [0.05, 0.1) is 6.04 Å². The Balaban J connectivity index is 2.38. The number of hydrogen-bond acceptors (Lipinski definition) is 3. The topological polar surface area (TPSA) is 23.5 Å². The Morgan fingerprint density at radius 1 is 1.73 bits per heavy atom. The summed E-state index contributed by atoms with van der Waals surface area (Å²) in [4.78, 5) is 1.43. The molecule has 1 aromatic heterocycles. The van der Waals surface area contributed by atoms with E-state index in [0.717, 1.165) is 13.0 Å². The van der Waals surface area contributed by atoms with Gasteiger partial charge in [-0.25, -0.2) is 0 Å². The van der Waals surface area contributed by atoms with Gasteiger partial charge in [0.2, 0.25) is 0 Å². The summed E-state index contributed by atoms with van der Waals surface area (Å²) in [5.74, 6) is 0. The minimum absolute atomic E-state index is 0.185. The molecule has 0 saturated carbocycles. The first kappa shape index (κ1) is 7.28. The molecule has 3 heteroatoms. The third-order valence-electron chi connectivity index (χ3n) is 2.24. The molecule has 1 aliphatic heterocycles. The molecule has 1 N–H and O–H groups in total. The Bertz CT molecular complexity index is 258. The number of nitrogens with zero attached hydrogens (tertiary/aromatic N) is 1. The number of rotatable bonds is 0. The second-order valence-electron chi connectivity index (χ2n) is 2.89. The molecule has 0 spiro atoms. The van der Waals surface area contributed by atoms with Crippen molar-refractivity contribution < 1.29 is 5.21 Å². The summed E-state index contributed by atoms with van der Waals surface area (Å²) in [6.45, 7) is 2.80. The molecule has 2 nitrogen and oxygen atoms in total. The number of fused-ring (bicyclic) bond motifs is 1. The molecule has 2 rings (SSSR count). The lowest BCUT2D eigenvalue weighted by Gasteiger charge is -2.27. The van der Waals surface area contributed by atoms with E-state index in [1.807, 2.05) is 6.92 Å². The van der Waals surface area contributed by atoms with Gasteiger partial charge < -0.3 is 5.21 Å². The number of hydroxylamine groups is 2. The van der Waals surface area contributed by atoms with Crippen molar-refractivity contribution in [1.29, 1.82) is 0 Å². The van der Waals surface area contributed by atoms with Crippen LogP contribution in [-0.2, 0) is 6.42 Å². The van der Waals surface area contributed by atoms with E-state index in [1.54, 1.807) is 11.3 Å². The molecular weight excluding hydrogens is 158 g/mol. The molecule has 1 aliphatic rings. The average molecular weight is 169 g/mol. The molecule has 11 heavy (non-hydrogen) atoms. The van der Waals surface area contributed by atoms with Crippen molar-refractivity contribution in [2.75, 3.05) is 6.54 Å². The van der Waals surface area contributed by atoms with E-state index in [0.29, 0.717) is 0 Å². The highest BCUT2D eigenvalue weighted by atomic mass is 32.1. The number of thiophene rings is 1. The van der Waals surface area contributed by atoms with Crippen LogP contribution in [0.25, 0.3) is 0 Å². The molecule has 0 bridgehead atoms. The van der Waals surface area contributed by atoms with Gasteiger partial charge in [-0.05, 0) is 30.4 Å². The van der Waals surface area contributed by atoms with Gasteiger partial charge in [0.15, 0.2) is 0 Å². The standard InChI is InChI=1S/C8H11NOS/c1-6-7-3-5-11-8(7)2-4-9(6)10/h3,5-6,10H,2,4H2,1H3/t6-/m1/s1. The molecule has 0 saturated heterocycles. The third-order valence-corrected chi connectivity index (χ3v) is 3.24. The van der Waals surface area contributed by atoms with Crippen LogP contribution in [0.5, 0.6) is 0 Å². The summed E-state index contributed by atoms with van der Waals surface area (Å²) < 4.78 is 0. The lowest BCUT2D eigenvalue weighted by molar-refractivity contribution is -0.127. The second-order valence-corrected chi connectivity index (χ2v) is 3.89. The van der Waals surface area contributed by atoms with Crippen LogP contribution in [0.2, 0.25) is 0 Å². The highest BCUT2D eigenvalue weighted by Crippen LogP contribution is 2.31. The van der Waals surface area contributed by atoms with Crippen molar-refractivity contribution in [2.24, 2.45) is 0 Å². The molecule has 0 aliphatic carbocycles. The van der Waals surface area contributed by atoms with Gasteiger partial charge in [-0.3, -0.25) is 0 Å². The summed E-state index contributed by atoms with van der Waals surface area (Å²) in [5.41, 5.74) is 1.30. The first-order chi connectivity index (χ1) is 5.29. The zero-order chi connectivity index (χ0) is 7.84. The monoisotopic (exact) mass is 169 g/mol. The molecule has 1 aromatic rings. The Labute approximate surface area is 70.0 Å². The highest BCUT2D eigenvalue weighted by molar-refractivity contribution is 7.10. The fourth-order valence-electron chi connectivity index (χ4n) is 1.50. The van der Waals surface area contributed by atoms with Gasteiger partial charge in [0.25, 0.3) is 0 Å². The quantitative estimate of drug-likeness (QED) is 0.642. The van der Waals surface area contributed by atoms with Gasteiger partial charge in [-0.2, -0.15) is 5.06 Å². The lowest BCUT2D eigenvalue weighted by atomic mass is 10.0. The molecule has 60 valence electrons. The fourth-order valence-corrected chi connectivity index (χ4v) is 2.46. The first-order valence-corrected chi connectivity index (χ1v) is 4.69. The zero-order valence-electron chi connectivity index (χ0n) is 6.45. The zero-order valence-corrected chi connectivity index (χ0v) is 7.27. The Kier molecular flexibility index (Phi) is 1.71. The molecule has 0 amide bonds. The maximum atomic E-state index is 9.38. The summed E-state index contributed by atoms with van der Waals surface area (Å²) in [6.07, 6.45) is 0.994. The van der Waals surface area contributed by atoms with Gasteiger partial charge in [-0.1, -0.05) is 0 Å². The predicted octanol–water partition coefficient (Wildman–Crippen LogP) is 2.06. The van der Waals surface area contributed by atoms with E-state index in [-0.39, 0.29) is 6.04 Å². The van der Waals surface area contributed by atoms with E-state index in [9.17, 15) is 5.21 Å². The molecule has 2 heterocycles. The van der Waals surface area contributed by atoms with Crippen molar-refractivity contribution in [3.8, 4) is 0 Å². The molecule has 0 radical (unpaired) electrons. The average Bonchev–Trinajstić information content (AvgIpc) is 2.45. The number of hydrogen-bond donors (Lipinski definition) is 1. The van der Waals surface area contributed by atoms with Crippen LogP contribution in [0.3, 0.4) is 0 Å². The predicted molar refractivity (Wildman–Crippen MR) is 44.9 cm³/mol. The highest BCUT2D eigenvalue weighted by Gasteiger charge is 2.22. The van der Waals surface area contributed by atoms with E-state index >= 15 is 0 Å². The molecule has 1 atom stereocenters. The van der Waals surface area contributed by atoms with Crippen LogP contribution in [0.4, 0.5) is 0 Å². The van der Waals surface area contributed by atoms with E-state index in [4.69, 9.17) is 0 Å². The lowest BCUT2D eigenvalue weighted by Crippen LogP contribution is -2.29. The maximum Gasteiger partial charge on any atom is 0.0582 e. The van der Waals surface area contributed by atoms with Gasteiger partial charge in [-0.15, -0.1) is 11.3 Å². The first-order valence-electron chi connectivity index (χ1n) is 3.81. The second kappa shape index (κ2) is 2.59. The normalized spacial score (nSPS) is 25.1. The van der Waals surface area contributed by atoms with Crippen molar-refractivity contribution in [2.45, 2.75) is 19.4 Å². The minimum atomic E-state index is 0.185. The van der Waals surface area contributed by atoms with Crippen LogP contribution < -0.4 is 0 Å². The largest absolute Gasteiger partial charge is 0.313 e. The fraction of sp³-hybridized carbons (Fsp3) is 0.500. The van der Waals surface area contributed by atoms with Crippen LogP contribution in [0.15, 0.2) is 11.4 Å². The minimum Gasteiger partial charge on any atom is -0.313 e. The van der Waals surface area contributed by atoms with E-state index in [2.05, 4.69) is 11.4 Å². The van der Waals surface area contributed by atoms with E-state index < -0.39 is 0 Å². The Hall–Kier alpha value is -0.380. The SMILES string of the molecule is C[C@@H]1c2ccsc2CCN1O. The smallest absolute Gasteiger partial charge is 0.0582 e. The van der Waals surface area contributed by atoms with Crippen LogP contribution in [0.1, 0.15) is 23.4 Å². The molecule has 0 unspecified atom stereocenters.